The number of phenolic OH excluding ortho intramolecular Hbond substituents is 1. The first kappa shape index (κ1) is 17.8. The number of hydrogen-bond donors (Lipinski definition) is 2. The predicted molar refractivity (Wildman–Crippen MR) is 90.2 cm³/mol. The van der Waals surface area contributed by atoms with Crippen molar-refractivity contribution in [3.8, 4) is 5.75 Å². The van der Waals surface area contributed by atoms with Gasteiger partial charge < -0.3 is 15.2 Å². The number of rotatable bonds is 4. The molecule has 0 spiro atoms. The summed E-state index contributed by atoms with van der Waals surface area (Å²) in [6, 6.07) is 4.60. The second-order valence-corrected chi connectivity index (χ2v) is 7.09. The Morgan fingerprint density at radius 1 is 1.35 bits per heavy atom. The second-order valence-electron chi connectivity index (χ2n) is 6.18. The summed E-state index contributed by atoms with van der Waals surface area (Å²) in [6.07, 6.45) is 3.24. The van der Waals surface area contributed by atoms with Crippen LogP contribution in [0.15, 0.2) is 22.7 Å². The lowest BCUT2D eigenvalue weighted by molar-refractivity contribution is -0.125. The van der Waals surface area contributed by atoms with Crippen LogP contribution in [0.5, 0.6) is 5.75 Å². The van der Waals surface area contributed by atoms with E-state index < -0.39 is 5.97 Å². The Morgan fingerprint density at radius 3 is 2.83 bits per heavy atom. The number of benzene rings is 1. The summed E-state index contributed by atoms with van der Waals surface area (Å²) in [5, 5.41) is 12.6. The van der Waals surface area contributed by atoms with Gasteiger partial charge in [0.25, 0.3) is 5.91 Å². The summed E-state index contributed by atoms with van der Waals surface area (Å²) in [5.74, 6) is -0.205. The SMILES string of the molecule is C[C@@H]1[C@@H](C)CCC[C@H]1NC(=O)COC(=O)c1cc(Br)ccc1O. The Balaban J connectivity index is 1.86. The highest BCUT2D eigenvalue weighted by molar-refractivity contribution is 9.10. The van der Waals surface area contributed by atoms with Crippen molar-refractivity contribution in [1.82, 2.24) is 5.32 Å². The van der Waals surface area contributed by atoms with E-state index in [1.165, 1.54) is 18.6 Å². The van der Waals surface area contributed by atoms with Crippen LogP contribution in [0.1, 0.15) is 43.5 Å². The van der Waals surface area contributed by atoms with E-state index in [2.05, 4.69) is 35.1 Å². The van der Waals surface area contributed by atoms with Crippen molar-refractivity contribution in [2.45, 2.75) is 39.2 Å². The molecule has 0 aliphatic heterocycles. The maximum atomic E-state index is 12.0. The van der Waals surface area contributed by atoms with Crippen LogP contribution in [-0.4, -0.2) is 29.6 Å². The van der Waals surface area contributed by atoms with E-state index in [9.17, 15) is 14.7 Å². The Hall–Kier alpha value is -1.56. The van der Waals surface area contributed by atoms with Gasteiger partial charge in [0.15, 0.2) is 6.61 Å². The molecule has 3 atom stereocenters. The zero-order chi connectivity index (χ0) is 17.0. The Labute approximate surface area is 144 Å². The van der Waals surface area contributed by atoms with E-state index in [1.54, 1.807) is 6.07 Å². The van der Waals surface area contributed by atoms with Crippen molar-refractivity contribution in [2.24, 2.45) is 11.8 Å². The lowest BCUT2D eigenvalue weighted by atomic mass is 9.78. The number of aromatic hydroxyl groups is 1. The monoisotopic (exact) mass is 383 g/mol. The highest BCUT2D eigenvalue weighted by atomic mass is 79.9. The largest absolute Gasteiger partial charge is 0.507 e. The third kappa shape index (κ3) is 4.70. The summed E-state index contributed by atoms with van der Waals surface area (Å²) < 4.78 is 5.65. The van der Waals surface area contributed by atoms with Gasteiger partial charge in [0.1, 0.15) is 11.3 Å². The fraction of sp³-hybridized carbons (Fsp3) is 0.529. The Kier molecular flexibility index (Phi) is 6.04. The molecule has 1 saturated carbocycles. The fourth-order valence-electron chi connectivity index (χ4n) is 2.91. The first-order valence-electron chi connectivity index (χ1n) is 7.83. The van der Waals surface area contributed by atoms with Gasteiger partial charge in [-0.05, 0) is 36.5 Å². The lowest BCUT2D eigenvalue weighted by Gasteiger charge is -2.34. The molecule has 2 N–H and O–H groups in total. The molecule has 1 amide bonds. The van der Waals surface area contributed by atoms with Crippen LogP contribution in [0, 0.1) is 11.8 Å². The van der Waals surface area contributed by atoms with Crippen LogP contribution in [0.4, 0.5) is 0 Å². The standard InChI is InChI=1S/C17H22BrNO4/c1-10-4-3-5-14(11(10)2)19-16(21)9-23-17(22)13-8-12(18)6-7-15(13)20/h6-8,10-11,14,20H,3-5,9H2,1-2H3,(H,19,21)/t10-,11+,14+/m0/s1. The van der Waals surface area contributed by atoms with E-state index >= 15 is 0 Å². The minimum Gasteiger partial charge on any atom is -0.507 e. The van der Waals surface area contributed by atoms with Crippen LogP contribution < -0.4 is 5.32 Å². The molecule has 0 bridgehead atoms. The molecule has 0 saturated heterocycles. The van der Waals surface area contributed by atoms with Crippen LogP contribution in [-0.2, 0) is 9.53 Å². The van der Waals surface area contributed by atoms with Crippen LogP contribution in [0.25, 0.3) is 0 Å². The molecular formula is C17H22BrNO4. The third-order valence-corrected chi connectivity index (χ3v) is 5.06. The highest BCUT2D eigenvalue weighted by Gasteiger charge is 2.28. The average molecular weight is 384 g/mol. The number of hydrogen-bond acceptors (Lipinski definition) is 4. The summed E-state index contributed by atoms with van der Waals surface area (Å²) >= 11 is 3.22. The molecule has 1 aliphatic carbocycles. The zero-order valence-electron chi connectivity index (χ0n) is 13.3. The molecule has 0 unspecified atom stereocenters. The van der Waals surface area contributed by atoms with Gasteiger partial charge >= 0.3 is 5.97 Å². The van der Waals surface area contributed by atoms with Gasteiger partial charge in [-0.1, -0.05) is 42.6 Å². The molecule has 23 heavy (non-hydrogen) atoms. The van der Waals surface area contributed by atoms with Gasteiger partial charge in [-0.2, -0.15) is 0 Å². The minimum atomic E-state index is -0.719. The summed E-state index contributed by atoms with van der Waals surface area (Å²) in [4.78, 5) is 23.9. The van der Waals surface area contributed by atoms with Gasteiger partial charge in [0.2, 0.25) is 0 Å². The zero-order valence-corrected chi connectivity index (χ0v) is 14.9. The maximum Gasteiger partial charge on any atom is 0.342 e. The number of halogens is 1. The van der Waals surface area contributed by atoms with Crippen molar-refractivity contribution in [2.75, 3.05) is 6.61 Å². The molecule has 2 rings (SSSR count). The van der Waals surface area contributed by atoms with E-state index in [1.807, 2.05) is 0 Å². The number of esters is 1. The third-order valence-electron chi connectivity index (χ3n) is 4.57. The van der Waals surface area contributed by atoms with Crippen molar-refractivity contribution in [1.29, 1.82) is 0 Å². The topological polar surface area (TPSA) is 75.6 Å². The van der Waals surface area contributed by atoms with Crippen molar-refractivity contribution >= 4 is 27.8 Å². The smallest absolute Gasteiger partial charge is 0.342 e. The van der Waals surface area contributed by atoms with Crippen LogP contribution in [0.3, 0.4) is 0 Å². The first-order valence-corrected chi connectivity index (χ1v) is 8.62. The number of nitrogens with one attached hydrogen (secondary N) is 1. The molecule has 5 nitrogen and oxygen atoms in total. The van der Waals surface area contributed by atoms with Gasteiger partial charge in [-0.25, -0.2) is 4.79 Å². The molecule has 0 aromatic heterocycles. The predicted octanol–water partition coefficient (Wildman–Crippen LogP) is 3.25. The van der Waals surface area contributed by atoms with Crippen molar-refractivity contribution < 1.29 is 19.4 Å². The molecule has 1 aliphatic rings. The normalized spacial score (nSPS) is 24.0. The Bertz CT molecular complexity index is 590. The first-order chi connectivity index (χ1) is 10.9. The molecule has 1 aromatic carbocycles. The average Bonchev–Trinajstić information content (AvgIpc) is 2.52. The van der Waals surface area contributed by atoms with Crippen LogP contribution >= 0.6 is 15.9 Å². The van der Waals surface area contributed by atoms with Gasteiger partial charge in [0.05, 0.1) is 0 Å². The molecule has 0 radical (unpaired) electrons. The second kappa shape index (κ2) is 7.81. The minimum absolute atomic E-state index is 0.0341. The van der Waals surface area contributed by atoms with Crippen LogP contribution in [0.2, 0.25) is 0 Å². The number of carbonyl (C=O) groups excluding carboxylic acids is 2. The van der Waals surface area contributed by atoms with Crippen molar-refractivity contribution in [3.05, 3.63) is 28.2 Å². The fourth-order valence-corrected chi connectivity index (χ4v) is 3.28. The van der Waals surface area contributed by atoms with Gasteiger partial charge in [-0.15, -0.1) is 0 Å². The summed E-state index contributed by atoms with van der Waals surface area (Å²) in [5.41, 5.74) is 0.0341. The highest BCUT2D eigenvalue weighted by Crippen LogP contribution is 2.29. The molecule has 6 heteroatoms. The van der Waals surface area contributed by atoms with Gasteiger partial charge in [-0.3, -0.25) is 4.79 Å². The number of carbonyl (C=O) groups is 2. The summed E-state index contributed by atoms with van der Waals surface area (Å²) in [7, 11) is 0. The molecule has 1 fully saturated rings. The van der Waals surface area contributed by atoms with E-state index in [4.69, 9.17) is 4.74 Å². The molecular weight excluding hydrogens is 362 g/mol. The Morgan fingerprint density at radius 2 is 2.09 bits per heavy atom. The molecule has 1 aromatic rings. The number of phenols is 1. The van der Waals surface area contributed by atoms with Gasteiger partial charge in [0, 0.05) is 10.5 Å². The summed E-state index contributed by atoms with van der Waals surface area (Å²) in [6.45, 7) is 3.99. The lowest BCUT2D eigenvalue weighted by Crippen LogP contribution is -2.45. The van der Waals surface area contributed by atoms with E-state index in [0.717, 1.165) is 12.8 Å². The van der Waals surface area contributed by atoms with Crippen molar-refractivity contribution in [3.63, 3.8) is 0 Å². The molecule has 126 valence electrons. The molecule has 0 heterocycles. The van der Waals surface area contributed by atoms with E-state index in [-0.39, 0.29) is 29.9 Å². The number of ether oxygens (including phenoxy) is 1. The maximum absolute atomic E-state index is 12.0. The quantitative estimate of drug-likeness (QED) is 0.782. The number of amides is 1. The van der Waals surface area contributed by atoms with E-state index in [0.29, 0.717) is 16.3 Å².